The summed E-state index contributed by atoms with van der Waals surface area (Å²) >= 11 is 3.50. The summed E-state index contributed by atoms with van der Waals surface area (Å²) in [5.74, 6) is 1.09. The lowest BCUT2D eigenvalue weighted by Crippen LogP contribution is -2.50. The monoisotopic (exact) mass is 571 g/mol. The van der Waals surface area contributed by atoms with E-state index < -0.39 is 9.84 Å². The molecule has 1 aromatic carbocycles. The molecule has 0 radical (unpaired) electrons. The van der Waals surface area contributed by atoms with Gasteiger partial charge in [0.15, 0.2) is 15.8 Å². The van der Waals surface area contributed by atoms with Crippen molar-refractivity contribution in [1.82, 2.24) is 10.6 Å². The van der Waals surface area contributed by atoms with E-state index in [4.69, 9.17) is 4.74 Å². The molecular weight excluding hydrogens is 545 g/mol. The summed E-state index contributed by atoms with van der Waals surface area (Å²) in [4.78, 5) is 4.28. The van der Waals surface area contributed by atoms with Crippen LogP contribution in [0.2, 0.25) is 0 Å². The van der Waals surface area contributed by atoms with Crippen LogP contribution in [0.25, 0.3) is 0 Å². The first-order chi connectivity index (χ1) is 12.4. The Morgan fingerprint density at radius 1 is 1.30 bits per heavy atom. The lowest BCUT2D eigenvalue weighted by atomic mass is 9.74. The number of aliphatic imine (C=N–C) groups is 1. The first-order valence-corrected chi connectivity index (χ1v) is 11.6. The van der Waals surface area contributed by atoms with Crippen molar-refractivity contribution in [2.24, 2.45) is 4.99 Å². The molecule has 2 heterocycles. The molecule has 1 atom stereocenters. The van der Waals surface area contributed by atoms with E-state index in [0.717, 1.165) is 37.1 Å². The molecule has 2 saturated heterocycles. The van der Waals surface area contributed by atoms with Crippen LogP contribution in [-0.4, -0.2) is 58.7 Å². The average Bonchev–Trinajstić information content (AvgIpc) is 2.98. The van der Waals surface area contributed by atoms with E-state index in [1.807, 2.05) is 0 Å². The van der Waals surface area contributed by atoms with E-state index in [1.54, 1.807) is 7.05 Å². The first-order valence-electron chi connectivity index (χ1n) is 8.94. The second kappa shape index (κ2) is 9.89. The molecule has 0 saturated carbocycles. The number of benzene rings is 1. The molecule has 27 heavy (non-hydrogen) atoms. The fraction of sp³-hybridized carbons (Fsp3) is 0.611. The number of nitrogens with one attached hydrogen (secondary N) is 2. The predicted octanol–water partition coefficient (Wildman–Crippen LogP) is 2.47. The minimum atomic E-state index is -2.91. The van der Waals surface area contributed by atoms with Crippen LogP contribution in [-0.2, 0) is 20.0 Å². The van der Waals surface area contributed by atoms with Crippen molar-refractivity contribution in [2.75, 3.05) is 38.3 Å². The van der Waals surface area contributed by atoms with Crippen LogP contribution in [0.3, 0.4) is 0 Å². The molecule has 1 aromatic rings. The van der Waals surface area contributed by atoms with Gasteiger partial charge in [-0.1, -0.05) is 28.1 Å². The van der Waals surface area contributed by atoms with E-state index >= 15 is 0 Å². The number of nitrogens with zero attached hydrogens (tertiary/aromatic N) is 1. The third-order valence-corrected chi connectivity index (χ3v) is 7.59. The number of rotatable bonds is 4. The van der Waals surface area contributed by atoms with Gasteiger partial charge in [-0.15, -0.1) is 24.0 Å². The van der Waals surface area contributed by atoms with Gasteiger partial charge in [0.1, 0.15) is 0 Å². The predicted molar refractivity (Wildman–Crippen MR) is 123 cm³/mol. The number of hydrogen-bond donors (Lipinski definition) is 2. The Morgan fingerprint density at radius 2 is 1.96 bits per heavy atom. The van der Waals surface area contributed by atoms with Gasteiger partial charge < -0.3 is 15.4 Å². The van der Waals surface area contributed by atoms with E-state index in [9.17, 15) is 8.42 Å². The number of ether oxygens (including phenoxy) is 1. The first kappa shape index (κ1) is 22.9. The lowest BCUT2D eigenvalue weighted by molar-refractivity contribution is 0.0513. The molecule has 1 unspecified atom stereocenters. The van der Waals surface area contributed by atoms with Gasteiger partial charge in [-0.2, -0.15) is 0 Å². The summed E-state index contributed by atoms with van der Waals surface area (Å²) in [6, 6.07) is 8.41. The van der Waals surface area contributed by atoms with Crippen molar-refractivity contribution in [3.05, 3.63) is 34.3 Å². The fourth-order valence-corrected chi connectivity index (χ4v) is 5.62. The topological polar surface area (TPSA) is 79.8 Å². The molecule has 2 aliphatic rings. The van der Waals surface area contributed by atoms with Crippen molar-refractivity contribution < 1.29 is 13.2 Å². The molecule has 152 valence electrons. The molecule has 2 aliphatic heterocycles. The summed E-state index contributed by atoms with van der Waals surface area (Å²) in [7, 11) is -1.19. The molecule has 2 fully saturated rings. The van der Waals surface area contributed by atoms with Crippen LogP contribution in [0.15, 0.2) is 33.7 Å². The van der Waals surface area contributed by atoms with Crippen molar-refractivity contribution in [1.29, 1.82) is 0 Å². The number of guanidine groups is 1. The zero-order chi connectivity index (χ0) is 18.6. The van der Waals surface area contributed by atoms with E-state index in [-0.39, 0.29) is 46.9 Å². The van der Waals surface area contributed by atoms with Crippen molar-refractivity contribution in [3.8, 4) is 0 Å². The second-order valence-electron chi connectivity index (χ2n) is 7.07. The van der Waals surface area contributed by atoms with Crippen LogP contribution >= 0.6 is 39.9 Å². The molecule has 2 N–H and O–H groups in total. The molecular formula is C18H27BrIN3O3S. The number of hydrogen-bond acceptors (Lipinski definition) is 4. The third kappa shape index (κ3) is 6.04. The summed E-state index contributed by atoms with van der Waals surface area (Å²) in [6.07, 6.45) is 2.52. The van der Waals surface area contributed by atoms with Gasteiger partial charge in [0, 0.05) is 42.7 Å². The Balaban J connectivity index is 0.00000261. The zero-order valence-corrected chi connectivity index (χ0v) is 20.1. The second-order valence-corrected chi connectivity index (χ2v) is 10.2. The highest BCUT2D eigenvalue weighted by Gasteiger charge is 2.35. The fourth-order valence-electron chi connectivity index (χ4n) is 3.68. The smallest absolute Gasteiger partial charge is 0.191 e. The minimum absolute atomic E-state index is 0. The number of halogens is 2. The summed E-state index contributed by atoms with van der Waals surface area (Å²) < 4.78 is 30.0. The van der Waals surface area contributed by atoms with E-state index in [0.29, 0.717) is 12.4 Å². The molecule has 9 heteroatoms. The molecule has 0 amide bonds. The normalized spacial score (nSPS) is 24.1. The van der Waals surface area contributed by atoms with E-state index in [2.05, 4.69) is 55.8 Å². The maximum Gasteiger partial charge on any atom is 0.191 e. The third-order valence-electron chi connectivity index (χ3n) is 5.30. The van der Waals surface area contributed by atoms with Crippen LogP contribution in [0, 0.1) is 0 Å². The summed E-state index contributed by atoms with van der Waals surface area (Å²) in [5.41, 5.74) is 1.27. The molecule has 0 bridgehead atoms. The Bertz CT molecular complexity index is 750. The zero-order valence-electron chi connectivity index (χ0n) is 15.4. The maximum absolute atomic E-state index is 11.7. The Hall–Kier alpha value is -0.390. The quantitative estimate of drug-likeness (QED) is 0.330. The Kier molecular flexibility index (Phi) is 8.38. The molecule has 3 rings (SSSR count). The van der Waals surface area contributed by atoms with Crippen LogP contribution in [0.4, 0.5) is 0 Å². The van der Waals surface area contributed by atoms with E-state index in [1.165, 1.54) is 5.56 Å². The largest absolute Gasteiger partial charge is 0.381 e. The van der Waals surface area contributed by atoms with Crippen molar-refractivity contribution in [2.45, 2.75) is 30.7 Å². The lowest BCUT2D eigenvalue weighted by Gasteiger charge is -2.38. The van der Waals surface area contributed by atoms with Gasteiger partial charge in [0.2, 0.25) is 0 Å². The average molecular weight is 572 g/mol. The van der Waals surface area contributed by atoms with Crippen molar-refractivity contribution >= 4 is 55.7 Å². The van der Waals surface area contributed by atoms with Gasteiger partial charge >= 0.3 is 0 Å². The SMILES string of the molecule is CN=C(NCC1(c2ccc(Br)cc2)CCOCC1)NC1CCS(=O)(=O)C1.I. The molecule has 0 aromatic heterocycles. The highest BCUT2D eigenvalue weighted by atomic mass is 127. The Labute approximate surface area is 187 Å². The molecule has 0 aliphatic carbocycles. The van der Waals surface area contributed by atoms with Crippen LogP contribution < -0.4 is 10.6 Å². The standard InChI is InChI=1S/C18H26BrN3O3S.HI/c1-20-17(22-16-6-11-26(23,24)12-16)21-13-18(7-9-25-10-8-18)14-2-4-15(19)5-3-14;/h2-5,16H,6-13H2,1H3,(H2,20,21,22);1H. The highest BCUT2D eigenvalue weighted by molar-refractivity contribution is 14.0. The van der Waals surface area contributed by atoms with Gasteiger partial charge in [-0.3, -0.25) is 4.99 Å². The summed E-state index contributed by atoms with van der Waals surface area (Å²) in [5, 5.41) is 6.68. The number of sulfone groups is 1. The van der Waals surface area contributed by atoms with Crippen LogP contribution in [0.5, 0.6) is 0 Å². The van der Waals surface area contributed by atoms with Gasteiger partial charge in [-0.05, 0) is 37.0 Å². The molecule has 6 nitrogen and oxygen atoms in total. The highest BCUT2D eigenvalue weighted by Crippen LogP contribution is 2.35. The minimum Gasteiger partial charge on any atom is -0.381 e. The van der Waals surface area contributed by atoms with Gasteiger partial charge in [0.05, 0.1) is 11.5 Å². The molecule has 0 spiro atoms. The Morgan fingerprint density at radius 3 is 2.52 bits per heavy atom. The van der Waals surface area contributed by atoms with Crippen molar-refractivity contribution in [3.63, 3.8) is 0 Å². The van der Waals surface area contributed by atoms with Crippen LogP contribution in [0.1, 0.15) is 24.8 Å². The van der Waals surface area contributed by atoms with Gasteiger partial charge in [0.25, 0.3) is 0 Å². The maximum atomic E-state index is 11.7. The van der Waals surface area contributed by atoms with Gasteiger partial charge in [-0.25, -0.2) is 8.42 Å². The summed E-state index contributed by atoms with van der Waals surface area (Å²) in [6.45, 7) is 2.21.